The molecule has 1 N–H and O–H groups in total. The van der Waals surface area contributed by atoms with Crippen LogP contribution in [0.2, 0.25) is 5.02 Å². The lowest BCUT2D eigenvalue weighted by Gasteiger charge is -2.29. The molecular formula is C25H33ClN2O3. The molecule has 1 unspecified atom stereocenters. The largest absolute Gasteiger partial charge is 0.483 e. The number of halogens is 1. The number of benzene rings is 2. The number of hydrogen-bond acceptors (Lipinski definition) is 3. The average Bonchev–Trinajstić information content (AvgIpc) is 2.76. The summed E-state index contributed by atoms with van der Waals surface area (Å²) >= 11 is 5.99. The number of carbonyl (C=O) groups is 2. The lowest BCUT2D eigenvalue weighted by Crippen LogP contribution is -2.49. The number of amides is 2. The van der Waals surface area contributed by atoms with Gasteiger partial charge in [0.05, 0.1) is 0 Å². The van der Waals surface area contributed by atoms with Crippen molar-refractivity contribution >= 4 is 23.4 Å². The smallest absolute Gasteiger partial charge is 0.261 e. The quantitative estimate of drug-likeness (QED) is 0.486. The van der Waals surface area contributed by atoms with Crippen molar-refractivity contribution in [2.24, 2.45) is 0 Å². The van der Waals surface area contributed by atoms with E-state index in [-0.39, 0.29) is 24.3 Å². The molecule has 2 rings (SSSR count). The van der Waals surface area contributed by atoms with Crippen LogP contribution in [0.4, 0.5) is 0 Å². The molecule has 0 fully saturated rings. The minimum atomic E-state index is -0.621. The van der Waals surface area contributed by atoms with Gasteiger partial charge in [-0.3, -0.25) is 9.59 Å². The van der Waals surface area contributed by atoms with Gasteiger partial charge in [-0.25, -0.2) is 0 Å². The number of carbonyl (C=O) groups excluding carboxylic acids is 2. The number of para-hydroxylation sites is 1. The maximum absolute atomic E-state index is 13.1. The van der Waals surface area contributed by atoms with Crippen LogP contribution >= 0.6 is 11.6 Å². The molecule has 0 bridgehead atoms. The molecule has 0 aliphatic carbocycles. The summed E-state index contributed by atoms with van der Waals surface area (Å²) in [7, 11) is 0. The monoisotopic (exact) mass is 444 g/mol. The number of ether oxygens (including phenoxy) is 1. The zero-order chi connectivity index (χ0) is 22.8. The van der Waals surface area contributed by atoms with E-state index in [1.807, 2.05) is 36.4 Å². The normalized spacial score (nSPS) is 11.8. The second kappa shape index (κ2) is 12.4. The second-order valence-corrected chi connectivity index (χ2v) is 8.39. The van der Waals surface area contributed by atoms with Gasteiger partial charge in [0.15, 0.2) is 6.61 Å². The Morgan fingerprint density at radius 1 is 1.06 bits per heavy atom. The molecule has 1 atom stereocenters. The van der Waals surface area contributed by atoms with E-state index in [2.05, 4.69) is 26.1 Å². The van der Waals surface area contributed by atoms with Crippen molar-refractivity contribution in [2.75, 3.05) is 13.2 Å². The zero-order valence-corrected chi connectivity index (χ0v) is 19.6. The molecule has 0 aliphatic rings. The van der Waals surface area contributed by atoms with Crippen LogP contribution in [0.1, 0.15) is 57.6 Å². The lowest BCUT2D eigenvalue weighted by atomic mass is 10.0. The zero-order valence-electron chi connectivity index (χ0n) is 18.9. The van der Waals surface area contributed by atoms with Crippen molar-refractivity contribution in [2.45, 2.75) is 59.0 Å². The van der Waals surface area contributed by atoms with Gasteiger partial charge in [-0.1, -0.05) is 69.1 Å². The van der Waals surface area contributed by atoms with Crippen LogP contribution in [0, 0.1) is 0 Å². The standard InChI is InChI=1S/C25H33ClN2O3/c1-5-6-15-27-25(30)19(4)28(16-20-11-13-21(26)14-12-20)24(29)17-31-23-10-8-7-9-22(23)18(2)3/h7-14,18-19H,5-6,15-17H2,1-4H3,(H,27,30). The van der Waals surface area contributed by atoms with Gasteiger partial charge in [-0.15, -0.1) is 0 Å². The van der Waals surface area contributed by atoms with Gasteiger partial charge in [0, 0.05) is 18.1 Å². The summed E-state index contributed by atoms with van der Waals surface area (Å²) in [6.45, 7) is 8.74. The van der Waals surface area contributed by atoms with E-state index in [0.29, 0.717) is 23.9 Å². The van der Waals surface area contributed by atoms with Crippen molar-refractivity contribution in [3.05, 3.63) is 64.7 Å². The summed E-state index contributed by atoms with van der Waals surface area (Å²) in [6.07, 6.45) is 1.89. The number of hydrogen-bond donors (Lipinski definition) is 1. The summed E-state index contributed by atoms with van der Waals surface area (Å²) in [4.78, 5) is 27.4. The molecule has 2 amide bonds. The number of rotatable bonds is 11. The molecular weight excluding hydrogens is 412 g/mol. The van der Waals surface area contributed by atoms with Gasteiger partial charge < -0.3 is 15.0 Å². The van der Waals surface area contributed by atoms with E-state index in [1.165, 1.54) is 0 Å². The first kappa shape index (κ1) is 24.7. The van der Waals surface area contributed by atoms with Crippen molar-refractivity contribution in [3.8, 4) is 5.75 Å². The Labute approximate surface area is 190 Å². The Morgan fingerprint density at radius 3 is 2.39 bits per heavy atom. The summed E-state index contributed by atoms with van der Waals surface area (Å²) in [5, 5.41) is 3.54. The Balaban J connectivity index is 2.15. The SMILES string of the molecule is CCCCNC(=O)C(C)N(Cc1ccc(Cl)cc1)C(=O)COc1ccccc1C(C)C. The third-order valence-electron chi connectivity index (χ3n) is 5.16. The Hall–Kier alpha value is -2.53. The molecule has 168 valence electrons. The molecule has 0 spiro atoms. The molecule has 0 saturated carbocycles. The Bertz CT molecular complexity index is 852. The maximum atomic E-state index is 13.1. The average molecular weight is 445 g/mol. The maximum Gasteiger partial charge on any atom is 0.261 e. The number of unbranched alkanes of at least 4 members (excludes halogenated alkanes) is 1. The molecule has 2 aromatic carbocycles. The van der Waals surface area contributed by atoms with E-state index in [0.717, 1.165) is 24.0 Å². The fourth-order valence-electron chi connectivity index (χ4n) is 3.22. The molecule has 0 saturated heterocycles. The number of nitrogens with zero attached hydrogens (tertiary/aromatic N) is 1. The van der Waals surface area contributed by atoms with Crippen LogP contribution in [-0.2, 0) is 16.1 Å². The highest BCUT2D eigenvalue weighted by Gasteiger charge is 2.26. The first-order chi connectivity index (χ1) is 14.8. The second-order valence-electron chi connectivity index (χ2n) is 7.95. The van der Waals surface area contributed by atoms with Crippen LogP contribution in [0.3, 0.4) is 0 Å². The first-order valence-corrected chi connectivity index (χ1v) is 11.2. The predicted octanol–water partition coefficient (Wildman–Crippen LogP) is 5.18. The van der Waals surface area contributed by atoms with E-state index in [1.54, 1.807) is 24.0 Å². The molecule has 31 heavy (non-hydrogen) atoms. The van der Waals surface area contributed by atoms with Crippen LogP contribution in [-0.4, -0.2) is 35.9 Å². The van der Waals surface area contributed by atoms with Crippen molar-refractivity contribution in [3.63, 3.8) is 0 Å². The summed E-state index contributed by atoms with van der Waals surface area (Å²) in [5.41, 5.74) is 1.94. The van der Waals surface area contributed by atoms with Crippen molar-refractivity contribution in [1.29, 1.82) is 0 Å². The topological polar surface area (TPSA) is 58.6 Å². The molecule has 0 heterocycles. The van der Waals surface area contributed by atoms with Crippen LogP contribution in [0.15, 0.2) is 48.5 Å². The highest BCUT2D eigenvalue weighted by atomic mass is 35.5. The van der Waals surface area contributed by atoms with E-state index in [4.69, 9.17) is 16.3 Å². The van der Waals surface area contributed by atoms with Gasteiger partial charge in [-0.05, 0) is 48.6 Å². The van der Waals surface area contributed by atoms with Gasteiger partial charge in [0.2, 0.25) is 5.91 Å². The van der Waals surface area contributed by atoms with Gasteiger partial charge in [0.1, 0.15) is 11.8 Å². The molecule has 6 heteroatoms. The highest BCUT2D eigenvalue weighted by Crippen LogP contribution is 2.26. The third-order valence-corrected chi connectivity index (χ3v) is 5.41. The molecule has 0 aromatic heterocycles. The first-order valence-electron chi connectivity index (χ1n) is 10.9. The third kappa shape index (κ3) is 7.59. The minimum absolute atomic E-state index is 0.135. The van der Waals surface area contributed by atoms with E-state index < -0.39 is 6.04 Å². The minimum Gasteiger partial charge on any atom is -0.483 e. The van der Waals surface area contributed by atoms with Gasteiger partial charge in [-0.2, -0.15) is 0 Å². The Kier molecular flexibility index (Phi) is 9.86. The fraction of sp³-hybridized carbons (Fsp3) is 0.440. The van der Waals surface area contributed by atoms with E-state index in [9.17, 15) is 9.59 Å². The summed E-state index contributed by atoms with van der Waals surface area (Å²) < 4.78 is 5.88. The van der Waals surface area contributed by atoms with Crippen LogP contribution in [0.5, 0.6) is 5.75 Å². The molecule has 5 nitrogen and oxygen atoms in total. The Morgan fingerprint density at radius 2 is 1.74 bits per heavy atom. The molecule has 0 radical (unpaired) electrons. The van der Waals surface area contributed by atoms with Crippen LogP contribution < -0.4 is 10.1 Å². The summed E-state index contributed by atoms with van der Waals surface area (Å²) in [5.74, 6) is 0.557. The molecule has 2 aromatic rings. The van der Waals surface area contributed by atoms with Gasteiger partial charge in [0.25, 0.3) is 5.91 Å². The van der Waals surface area contributed by atoms with Gasteiger partial charge >= 0.3 is 0 Å². The van der Waals surface area contributed by atoms with E-state index >= 15 is 0 Å². The fourth-order valence-corrected chi connectivity index (χ4v) is 3.34. The lowest BCUT2D eigenvalue weighted by molar-refractivity contribution is -0.142. The highest BCUT2D eigenvalue weighted by molar-refractivity contribution is 6.30. The summed E-state index contributed by atoms with van der Waals surface area (Å²) in [6, 6.07) is 14.4. The van der Waals surface area contributed by atoms with Crippen molar-refractivity contribution in [1.82, 2.24) is 10.2 Å². The van der Waals surface area contributed by atoms with Crippen molar-refractivity contribution < 1.29 is 14.3 Å². The predicted molar refractivity (Wildman–Crippen MR) is 125 cm³/mol. The number of nitrogens with one attached hydrogen (secondary N) is 1. The molecule has 0 aliphatic heterocycles. The van der Waals surface area contributed by atoms with Crippen LogP contribution in [0.25, 0.3) is 0 Å².